The lowest BCUT2D eigenvalue weighted by molar-refractivity contribution is -0.112. The van der Waals surface area contributed by atoms with E-state index >= 15 is 0 Å². The van der Waals surface area contributed by atoms with Crippen molar-refractivity contribution < 1.29 is 13.2 Å². The summed E-state index contributed by atoms with van der Waals surface area (Å²) in [5.74, 6) is -0.845. The molecule has 0 radical (unpaired) electrons. The number of rotatable bonds is 7. The van der Waals surface area contributed by atoms with Crippen molar-refractivity contribution >= 4 is 38.5 Å². The van der Waals surface area contributed by atoms with Gasteiger partial charge in [0.15, 0.2) is 0 Å². The van der Waals surface area contributed by atoms with Gasteiger partial charge in [-0.25, -0.2) is 8.42 Å². The number of nitrogens with one attached hydrogen (secondary N) is 1. The number of sulfone groups is 1. The van der Waals surface area contributed by atoms with Crippen molar-refractivity contribution in [2.24, 2.45) is 5.92 Å². The summed E-state index contributed by atoms with van der Waals surface area (Å²) in [4.78, 5) is 16.6. The van der Waals surface area contributed by atoms with Crippen molar-refractivity contribution in [3.8, 4) is 11.8 Å². The van der Waals surface area contributed by atoms with E-state index in [2.05, 4.69) is 19.2 Å². The summed E-state index contributed by atoms with van der Waals surface area (Å²) < 4.78 is 30.5. The minimum Gasteiger partial charge on any atom is -0.318 e. The Bertz CT molecular complexity index is 1380. The Labute approximate surface area is 197 Å². The molecule has 3 aromatic rings. The highest BCUT2D eigenvalue weighted by Crippen LogP contribution is 2.25. The van der Waals surface area contributed by atoms with Crippen molar-refractivity contribution in [2.45, 2.75) is 39.8 Å². The van der Waals surface area contributed by atoms with Crippen molar-refractivity contribution in [3.63, 3.8) is 0 Å². The van der Waals surface area contributed by atoms with Crippen LogP contribution < -0.4 is 5.32 Å². The first kappa shape index (κ1) is 24.4. The molecule has 2 aromatic heterocycles. The maximum atomic E-state index is 12.7. The molecule has 0 saturated carbocycles. The number of nitriles is 1. The van der Waals surface area contributed by atoms with E-state index in [1.807, 2.05) is 57.2 Å². The van der Waals surface area contributed by atoms with Crippen LogP contribution in [0, 0.1) is 38.0 Å². The SMILES string of the molecule is Cc1ccccc1-n1c(C)cc(/C=C(/C#N)C(=O)Nc2nc(S(=O)(=O)CC(C)C)ns2)c1C. The summed E-state index contributed by atoms with van der Waals surface area (Å²) in [6.45, 7) is 9.48. The fraction of sp³-hybridized carbons (Fsp3) is 0.304. The van der Waals surface area contributed by atoms with Crippen LogP contribution in [0.1, 0.15) is 36.4 Å². The number of carbonyl (C=O) groups excluding carboxylic acids is 1. The van der Waals surface area contributed by atoms with Gasteiger partial charge in [-0.3, -0.25) is 10.1 Å². The van der Waals surface area contributed by atoms with Crippen LogP contribution in [0.2, 0.25) is 0 Å². The average Bonchev–Trinajstić information content (AvgIpc) is 3.31. The van der Waals surface area contributed by atoms with E-state index in [0.717, 1.165) is 39.7 Å². The van der Waals surface area contributed by atoms with Crippen LogP contribution >= 0.6 is 11.5 Å². The van der Waals surface area contributed by atoms with Gasteiger partial charge in [-0.15, -0.1) is 0 Å². The lowest BCUT2D eigenvalue weighted by Gasteiger charge is -2.12. The monoisotopic (exact) mass is 483 g/mol. The molecule has 1 N–H and O–H groups in total. The maximum absolute atomic E-state index is 12.7. The Morgan fingerprint density at radius 2 is 1.97 bits per heavy atom. The van der Waals surface area contributed by atoms with E-state index < -0.39 is 15.7 Å². The quantitative estimate of drug-likeness (QED) is 0.397. The molecule has 0 saturated heterocycles. The molecular formula is C23H25N5O3S2. The van der Waals surface area contributed by atoms with Gasteiger partial charge < -0.3 is 4.57 Å². The lowest BCUT2D eigenvalue weighted by Crippen LogP contribution is -2.15. The predicted octanol–water partition coefficient (Wildman–Crippen LogP) is 4.23. The standard InChI is InChI=1S/C23H25N5O3S2/c1-14(2)13-33(30,31)23-26-22(32-27-23)25-21(29)19(12-24)11-18-10-16(4)28(17(18)5)20-9-7-6-8-15(20)3/h6-11,14H,13H2,1-5H3,(H,25,26,27,29)/b19-11-. The summed E-state index contributed by atoms with van der Waals surface area (Å²) in [6.07, 6.45) is 1.52. The lowest BCUT2D eigenvalue weighted by atomic mass is 10.1. The van der Waals surface area contributed by atoms with E-state index in [1.54, 1.807) is 13.8 Å². The Hall–Kier alpha value is -3.29. The van der Waals surface area contributed by atoms with Gasteiger partial charge in [0.25, 0.3) is 11.1 Å². The largest absolute Gasteiger partial charge is 0.318 e. The van der Waals surface area contributed by atoms with Crippen LogP contribution in [0.15, 0.2) is 41.1 Å². The molecule has 10 heteroatoms. The van der Waals surface area contributed by atoms with E-state index in [1.165, 1.54) is 6.08 Å². The van der Waals surface area contributed by atoms with Gasteiger partial charge in [0, 0.05) is 28.6 Å². The van der Waals surface area contributed by atoms with Gasteiger partial charge in [0.2, 0.25) is 15.0 Å². The number of amides is 1. The van der Waals surface area contributed by atoms with Gasteiger partial charge >= 0.3 is 0 Å². The molecule has 172 valence electrons. The van der Waals surface area contributed by atoms with Crippen molar-refractivity contribution in [2.75, 3.05) is 11.1 Å². The third-order valence-corrected chi connectivity index (χ3v) is 7.54. The zero-order chi connectivity index (χ0) is 24.3. The Morgan fingerprint density at radius 1 is 1.27 bits per heavy atom. The fourth-order valence-corrected chi connectivity index (χ4v) is 5.84. The van der Waals surface area contributed by atoms with E-state index in [4.69, 9.17) is 0 Å². The number of anilines is 1. The van der Waals surface area contributed by atoms with Crippen molar-refractivity contribution in [3.05, 3.63) is 58.4 Å². The second-order valence-electron chi connectivity index (χ2n) is 8.13. The molecule has 0 bridgehead atoms. The van der Waals surface area contributed by atoms with Gasteiger partial charge in [-0.2, -0.15) is 14.6 Å². The van der Waals surface area contributed by atoms with Gasteiger partial charge in [0.1, 0.15) is 11.6 Å². The highest BCUT2D eigenvalue weighted by molar-refractivity contribution is 7.91. The second kappa shape index (κ2) is 9.68. The highest BCUT2D eigenvalue weighted by atomic mass is 32.2. The van der Waals surface area contributed by atoms with Crippen LogP contribution in [0.25, 0.3) is 11.8 Å². The molecular weight excluding hydrogens is 458 g/mol. The number of nitrogens with zero attached hydrogens (tertiary/aromatic N) is 4. The van der Waals surface area contributed by atoms with Crippen LogP contribution in [0.4, 0.5) is 5.13 Å². The van der Waals surface area contributed by atoms with Gasteiger partial charge in [-0.1, -0.05) is 32.0 Å². The molecule has 0 aliphatic carbocycles. The Morgan fingerprint density at radius 3 is 2.61 bits per heavy atom. The highest BCUT2D eigenvalue weighted by Gasteiger charge is 2.23. The van der Waals surface area contributed by atoms with Crippen LogP contribution in [0.5, 0.6) is 0 Å². The number of carbonyl (C=O) groups is 1. The number of hydrogen-bond donors (Lipinski definition) is 1. The van der Waals surface area contributed by atoms with E-state index in [0.29, 0.717) is 0 Å². The molecule has 2 heterocycles. The molecule has 0 unspecified atom stereocenters. The summed E-state index contributed by atoms with van der Waals surface area (Å²) in [5, 5.41) is 11.8. The normalized spacial score (nSPS) is 12.1. The first-order valence-corrected chi connectivity index (χ1v) is 12.7. The topological polar surface area (TPSA) is 118 Å². The number of aromatic nitrogens is 3. The molecule has 0 spiro atoms. The summed E-state index contributed by atoms with van der Waals surface area (Å²) in [6, 6.07) is 11.8. The van der Waals surface area contributed by atoms with Crippen LogP contribution in [0.3, 0.4) is 0 Å². The first-order valence-electron chi connectivity index (χ1n) is 10.3. The zero-order valence-corrected chi connectivity index (χ0v) is 20.7. The van der Waals surface area contributed by atoms with E-state index in [9.17, 15) is 18.5 Å². The fourth-order valence-electron chi connectivity index (χ4n) is 3.49. The molecule has 0 fully saturated rings. The smallest absolute Gasteiger partial charge is 0.268 e. The second-order valence-corrected chi connectivity index (χ2v) is 10.8. The summed E-state index contributed by atoms with van der Waals surface area (Å²) in [7, 11) is -3.63. The molecule has 3 rings (SSSR count). The molecule has 0 aliphatic heterocycles. The molecule has 1 amide bonds. The summed E-state index contributed by atoms with van der Waals surface area (Å²) in [5.41, 5.74) is 4.60. The third-order valence-electron chi connectivity index (χ3n) is 4.95. The van der Waals surface area contributed by atoms with Crippen LogP contribution in [-0.4, -0.2) is 34.0 Å². The zero-order valence-electron chi connectivity index (χ0n) is 19.1. The first-order chi connectivity index (χ1) is 15.5. The number of benzene rings is 1. The Kier molecular flexibility index (Phi) is 7.15. The molecule has 33 heavy (non-hydrogen) atoms. The Balaban J connectivity index is 1.87. The van der Waals surface area contributed by atoms with Gasteiger partial charge in [0.05, 0.1) is 5.75 Å². The molecule has 1 aromatic carbocycles. The van der Waals surface area contributed by atoms with Gasteiger partial charge in [-0.05, 0) is 56.0 Å². The summed E-state index contributed by atoms with van der Waals surface area (Å²) >= 11 is 0.762. The van der Waals surface area contributed by atoms with Crippen molar-refractivity contribution in [1.29, 1.82) is 5.26 Å². The minimum atomic E-state index is -3.63. The molecule has 0 atom stereocenters. The number of hydrogen-bond acceptors (Lipinski definition) is 7. The van der Waals surface area contributed by atoms with Crippen molar-refractivity contribution in [1.82, 2.24) is 13.9 Å². The van der Waals surface area contributed by atoms with Crippen LogP contribution in [-0.2, 0) is 14.6 Å². The average molecular weight is 484 g/mol. The molecule has 0 aliphatic rings. The number of para-hydroxylation sites is 1. The molecule has 8 nitrogen and oxygen atoms in total. The predicted molar refractivity (Wildman–Crippen MR) is 129 cm³/mol. The third kappa shape index (κ3) is 5.38. The minimum absolute atomic E-state index is 0.0221. The van der Waals surface area contributed by atoms with E-state index in [-0.39, 0.29) is 27.5 Å². The maximum Gasteiger partial charge on any atom is 0.268 e. The number of aryl methyl sites for hydroxylation is 2.